The van der Waals surface area contributed by atoms with Crippen molar-refractivity contribution in [3.8, 4) is 0 Å². The van der Waals surface area contributed by atoms with E-state index >= 15 is 0 Å². The van der Waals surface area contributed by atoms with Crippen molar-refractivity contribution in [2.45, 2.75) is 93.8 Å². The third kappa shape index (κ3) is 15.4. The topological polar surface area (TPSA) is 337 Å². The van der Waals surface area contributed by atoms with Crippen molar-refractivity contribution in [2.75, 3.05) is 32.9 Å². The maximum absolute atomic E-state index is 13.5. The summed E-state index contributed by atoms with van der Waals surface area (Å²) in [6, 6.07) is -0.357. The number of aliphatic hydroxyl groups excluding tert-OH is 4. The highest BCUT2D eigenvalue weighted by molar-refractivity contribution is 5.95. The first-order valence-electron chi connectivity index (χ1n) is 17.3. The van der Waals surface area contributed by atoms with Crippen LogP contribution in [0.1, 0.15) is 44.6 Å². The van der Waals surface area contributed by atoms with Crippen LogP contribution in [0, 0.1) is 0 Å². The average molecular weight is 752 g/mol. The van der Waals surface area contributed by atoms with E-state index in [1.165, 1.54) is 6.92 Å². The van der Waals surface area contributed by atoms with Gasteiger partial charge in [-0.15, -0.1) is 0 Å². The van der Waals surface area contributed by atoms with E-state index < -0.39 is 110 Å². The third-order valence-electron chi connectivity index (χ3n) is 8.45. The number of benzene rings is 1. The molecule has 1 heterocycles. The number of primary amides is 1. The lowest BCUT2D eigenvalue weighted by molar-refractivity contribution is -0.134. The molecule has 53 heavy (non-hydrogen) atoms. The highest BCUT2D eigenvalue weighted by atomic mass is 16.3. The van der Waals surface area contributed by atoms with E-state index in [0.717, 1.165) is 0 Å². The number of nitrogens with one attached hydrogen (secondary N) is 7. The lowest BCUT2D eigenvalue weighted by atomic mass is 10.0. The van der Waals surface area contributed by atoms with E-state index in [1.54, 1.807) is 30.3 Å². The van der Waals surface area contributed by atoms with Gasteiger partial charge >= 0.3 is 0 Å². The molecule has 1 unspecified atom stereocenters. The molecule has 1 aromatic carbocycles. The highest BCUT2D eigenvalue weighted by Crippen LogP contribution is 2.07. The number of carbonyl (C=O) groups excluding carboxylic acids is 7. The Hall–Kier alpha value is -4.73. The zero-order valence-electron chi connectivity index (χ0n) is 29.6. The van der Waals surface area contributed by atoms with Gasteiger partial charge in [0.2, 0.25) is 41.4 Å². The minimum absolute atomic E-state index is 0.00511. The smallest absolute Gasteiger partial charge is 0.245 e. The molecular formula is C33H53N9O11. The summed E-state index contributed by atoms with van der Waals surface area (Å²) >= 11 is 0. The van der Waals surface area contributed by atoms with Crippen LogP contribution < -0.4 is 48.7 Å². The number of rotatable bonds is 13. The molecule has 2 rings (SSSR count). The fourth-order valence-electron chi connectivity index (χ4n) is 5.18. The van der Waals surface area contributed by atoms with E-state index in [2.05, 4.69) is 37.2 Å². The van der Waals surface area contributed by atoms with Crippen molar-refractivity contribution in [2.24, 2.45) is 11.5 Å². The van der Waals surface area contributed by atoms with Gasteiger partial charge in [0.25, 0.3) is 0 Å². The van der Waals surface area contributed by atoms with E-state index in [0.29, 0.717) is 12.0 Å². The summed E-state index contributed by atoms with van der Waals surface area (Å²) in [6.45, 7) is -1.15. The molecular weight excluding hydrogens is 698 g/mol. The minimum Gasteiger partial charge on any atom is -0.394 e. The van der Waals surface area contributed by atoms with Gasteiger partial charge in [-0.25, -0.2) is 0 Å². The molecule has 0 aromatic heterocycles. The van der Waals surface area contributed by atoms with Crippen molar-refractivity contribution < 1.29 is 54.0 Å². The number of aliphatic hydroxyl groups is 4. The Morgan fingerprint density at radius 2 is 1.60 bits per heavy atom. The number of nitrogens with two attached hydrogens (primary N) is 2. The Balaban J connectivity index is 2.22. The van der Waals surface area contributed by atoms with Gasteiger partial charge in [0.1, 0.15) is 36.3 Å². The fourth-order valence-corrected chi connectivity index (χ4v) is 5.18. The number of carbonyl (C=O) groups is 7. The molecule has 1 aliphatic heterocycles. The van der Waals surface area contributed by atoms with Crippen LogP contribution in [-0.2, 0) is 40.0 Å². The van der Waals surface area contributed by atoms with Gasteiger partial charge in [-0.2, -0.15) is 0 Å². The van der Waals surface area contributed by atoms with Gasteiger partial charge in [-0.05, 0) is 38.2 Å². The lowest BCUT2D eigenvalue weighted by Gasteiger charge is -2.28. The largest absolute Gasteiger partial charge is 0.394 e. The van der Waals surface area contributed by atoms with Crippen LogP contribution in [0.15, 0.2) is 30.3 Å². The van der Waals surface area contributed by atoms with Crippen molar-refractivity contribution in [1.29, 1.82) is 0 Å². The monoisotopic (exact) mass is 751 g/mol. The second kappa shape index (κ2) is 23.0. The Labute approximate surface area is 306 Å². The van der Waals surface area contributed by atoms with Crippen LogP contribution in [0.2, 0.25) is 0 Å². The van der Waals surface area contributed by atoms with Crippen LogP contribution in [0.25, 0.3) is 0 Å². The SMILES string of the molecule is CC(O)[C@H]1CN[C@@H](CO)C(=O)N[C@H](C(=O)N[C@@H](CO)C(=O)N[C@@H](Cc2ccccc2)C(N)=O)CCCCNC(=O)CC[C@H](NC(=O)[C@@H](N)CO)C(=O)N1. The maximum Gasteiger partial charge on any atom is 0.245 e. The quantitative estimate of drug-likeness (QED) is 0.0894. The summed E-state index contributed by atoms with van der Waals surface area (Å²) in [7, 11) is 0. The summed E-state index contributed by atoms with van der Waals surface area (Å²) < 4.78 is 0. The molecule has 0 saturated carbocycles. The van der Waals surface area contributed by atoms with E-state index in [9.17, 15) is 54.0 Å². The van der Waals surface area contributed by atoms with Gasteiger partial charge in [-0.3, -0.25) is 33.6 Å². The number of hydrogen-bond acceptors (Lipinski definition) is 13. The molecule has 1 saturated heterocycles. The first-order valence-corrected chi connectivity index (χ1v) is 17.3. The predicted octanol–water partition coefficient (Wildman–Crippen LogP) is -6.14. The van der Waals surface area contributed by atoms with Crippen LogP contribution in [0.5, 0.6) is 0 Å². The third-order valence-corrected chi connectivity index (χ3v) is 8.45. The molecule has 20 heteroatoms. The minimum atomic E-state index is -1.54. The summed E-state index contributed by atoms with van der Waals surface area (Å²) in [5, 5.41) is 57.3. The molecule has 1 aliphatic rings. The second-order valence-electron chi connectivity index (χ2n) is 12.7. The van der Waals surface area contributed by atoms with Gasteiger partial charge < -0.3 is 69.1 Å². The summed E-state index contributed by atoms with van der Waals surface area (Å²) in [6.07, 6.45) is -0.970. The highest BCUT2D eigenvalue weighted by Gasteiger charge is 2.32. The van der Waals surface area contributed by atoms with E-state index in [1.807, 2.05) is 0 Å². The molecule has 20 nitrogen and oxygen atoms in total. The van der Waals surface area contributed by atoms with Gasteiger partial charge in [0.15, 0.2) is 0 Å². The Morgan fingerprint density at radius 1 is 0.906 bits per heavy atom. The summed E-state index contributed by atoms with van der Waals surface area (Å²) in [4.78, 5) is 90.1. The van der Waals surface area contributed by atoms with E-state index in [4.69, 9.17) is 11.5 Å². The fraction of sp³-hybridized carbons (Fsp3) is 0.606. The second-order valence-corrected chi connectivity index (χ2v) is 12.7. The van der Waals surface area contributed by atoms with Crippen molar-refractivity contribution in [3.05, 3.63) is 35.9 Å². The van der Waals surface area contributed by atoms with Crippen LogP contribution in [0.3, 0.4) is 0 Å². The first-order chi connectivity index (χ1) is 25.2. The van der Waals surface area contributed by atoms with Gasteiger partial charge in [0.05, 0.1) is 32.0 Å². The average Bonchev–Trinajstić information content (AvgIpc) is 3.13. The molecule has 15 N–H and O–H groups in total. The Bertz CT molecular complexity index is 1390. The Morgan fingerprint density at radius 3 is 2.21 bits per heavy atom. The van der Waals surface area contributed by atoms with Crippen molar-refractivity contribution >= 4 is 41.4 Å². The zero-order chi connectivity index (χ0) is 39.5. The molecule has 0 bridgehead atoms. The number of amides is 7. The van der Waals surface area contributed by atoms with E-state index in [-0.39, 0.29) is 45.2 Å². The Kier molecular flexibility index (Phi) is 19.3. The standard InChI is InChI=1S/C33H53N9O11/c1-18(46)24-14-37-25(16-44)32(52)39-21(9-5-6-12-36-27(47)11-10-22(31(51)41-24)38-29(49)20(34)15-43)30(50)42-26(17-45)33(53)40-23(28(35)48)13-19-7-3-2-4-8-19/h2-4,7-8,18,20-26,37,43-46H,5-6,9-17,34H2,1H3,(H2,35,48)(H,36,47)(H,38,49)(H,39,52)(H,40,53)(H,41,51)(H,42,50)/t18?,20-,21-,22-,23-,24+,25-,26-/m0/s1. The summed E-state index contributed by atoms with van der Waals surface area (Å²) in [5.74, 6) is -5.59. The molecule has 1 aromatic rings. The molecule has 8 atom stereocenters. The van der Waals surface area contributed by atoms with Crippen LogP contribution in [-0.4, -0.2) is 143 Å². The molecule has 0 spiro atoms. The van der Waals surface area contributed by atoms with Gasteiger partial charge in [-0.1, -0.05) is 30.3 Å². The number of hydrogen-bond donors (Lipinski definition) is 13. The van der Waals surface area contributed by atoms with Gasteiger partial charge in [0, 0.05) is 25.9 Å². The molecule has 0 radical (unpaired) electrons. The molecule has 7 amide bonds. The summed E-state index contributed by atoms with van der Waals surface area (Å²) in [5.41, 5.74) is 11.7. The molecule has 0 aliphatic carbocycles. The van der Waals surface area contributed by atoms with Crippen molar-refractivity contribution in [1.82, 2.24) is 37.2 Å². The zero-order valence-corrected chi connectivity index (χ0v) is 29.6. The molecule has 1 fully saturated rings. The van der Waals surface area contributed by atoms with Crippen molar-refractivity contribution in [3.63, 3.8) is 0 Å². The van der Waals surface area contributed by atoms with Crippen LogP contribution >= 0.6 is 0 Å². The van der Waals surface area contributed by atoms with Crippen LogP contribution in [0.4, 0.5) is 0 Å². The first kappa shape index (κ1) is 44.4. The maximum atomic E-state index is 13.5. The molecule has 296 valence electrons. The normalized spacial score (nSPS) is 23.2. The predicted molar refractivity (Wildman–Crippen MR) is 188 cm³/mol. The lowest BCUT2D eigenvalue weighted by Crippen LogP contribution is -2.60.